The number of rotatable bonds is 2. The third-order valence-corrected chi connectivity index (χ3v) is 5.11. The first-order valence-electron chi connectivity index (χ1n) is 6.89. The van der Waals surface area contributed by atoms with Crippen molar-refractivity contribution in [3.8, 4) is 0 Å². The maximum atomic E-state index is 3.39. The molecule has 0 saturated heterocycles. The summed E-state index contributed by atoms with van der Waals surface area (Å²) in [6.45, 7) is 0. The molecule has 0 aliphatic rings. The van der Waals surface area contributed by atoms with Crippen molar-refractivity contribution in [2.75, 3.05) is 0 Å². The monoisotopic (exact) mass is 298 g/mol. The Balaban J connectivity index is 2.18. The SMILES string of the molecule is [Si]N[Si]c1cccc2ccc3cc4ccccc4cc3c12. The molecule has 5 radical (unpaired) electrons. The summed E-state index contributed by atoms with van der Waals surface area (Å²) in [5, 5.41) is 9.20. The van der Waals surface area contributed by atoms with Gasteiger partial charge in [-0.25, -0.2) is 0 Å². The third kappa shape index (κ3) is 2.10. The second kappa shape index (κ2) is 5.11. The number of nitrogens with one attached hydrogen (secondary N) is 1. The normalized spacial score (nSPS) is 11.5. The van der Waals surface area contributed by atoms with Gasteiger partial charge < -0.3 is 4.65 Å². The van der Waals surface area contributed by atoms with E-state index in [9.17, 15) is 0 Å². The van der Waals surface area contributed by atoms with Crippen LogP contribution in [0.3, 0.4) is 0 Å². The Morgan fingerprint density at radius 3 is 2.24 bits per heavy atom. The lowest BCUT2D eigenvalue weighted by atomic mass is 9.98. The van der Waals surface area contributed by atoms with E-state index in [-0.39, 0.29) is 0 Å². The maximum absolute atomic E-state index is 3.39. The molecule has 3 heteroatoms. The highest BCUT2D eigenvalue weighted by atomic mass is 28.3. The molecule has 97 valence electrons. The second-order valence-electron chi connectivity index (χ2n) is 5.14. The average molecular weight is 298 g/mol. The van der Waals surface area contributed by atoms with Crippen molar-refractivity contribution in [2.24, 2.45) is 0 Å². The predicted octanol–water partition coefficient (Wildman–Crippen LogP) is 3.06. The highest BCUT2D eigenvalue weighted by Gasteiger charge is 2.07. The van der Waals surface area contributed by atoms with Crippen LogP contribution >= 0.6 is 0 Å². The molecule has 1 nitrogen and oxygen atoms in total. The molecule has 0 aromatic heterocycles. The van der Waals surface area contributed by atoms with Crippen LogP contribution in [-0.4, -0.2) is 20.1 Å². The fraction of sp³-hybridized carbons (Fsp3) is 0. The van der Waals surface area contributed by atoms with Crippen LogP contribution in [0.2, 0.25) is 0 Å². The minimum Gasteiger partial charge on any atom is -0.361 e. The minimum atomic E-state index is 0.545. The van der Waals surface area contributed by atoms with Crippen molar-refractivity contribution in [2.45, 2.75) is 0 Å². The van der Waals surface area contributed by atoms with E-state index >= 15 is 0 Å². The van der Waals surface area contributed by atoms with Gasteiger partial charge in [0.05, 0.1) is 0 Å². The van der Waals surface area contributed by atoms with Crippen molar-refractivity contribution >= 4 is 57.6 Å². The van der Waals surface area contributed by atoms with E-state index in [1.54, 1.807) is 0 Å². The first-order valence-corrected chi connectivity index (χ1v) is 8.39. The van der Waals surface area contributed by atoms with Gasteiger partial charge in [0.2, 0.25) is 0 Å². The molecule has 4 aromatic carbocycles. The fourth-order valence-corrected chi connectivity index (χ4v) is 4.10. The van der Waals surface area contributed by atoms with E-state index in [1.165, 1.54) is 37.5 Å². The highest BCUT2D eigenvalue weighted by Crippen LogP contribution is 2.28. The molecule has 0 spiro atoms. The zero-order chi connectivity index (χ0) is 14.2. The van der Waals surface area contributed by atoms with Gasteiger partial charge in [-0.2, -0.15) is 0 Å². The molecule has 4 rings (SSSR count). The number of hydrogen-bond donors (Lipinski definition) is 1. The maximum Gasteiger partial charge on any atom is 0.172 e. The molecule has 0 heterocycles. The molecule has 0 saturated carbocycles. The first kappa shape index (κ1) is 12.8. The predicted molar refractivity (Wildman–Crippen MR) is 93.2 cm³/mol. The van der Waals surface area contributed by atoms with Gasteiger partial charge in [0.1, 0.15) is 10.4 Å². The Morgan fingerprint density at radius 1 is 0.714 bits per heavy atom. The summed E-state index contributed by atoms with van der Waals surface area (Å²) < 4.78 is 3.11. The van der Waals surface area contributed by atoms with Gasteiger partial charge in [-0.15, -0.1) is 0 Å². The van der Waals surface area contributed by atoms with Crippen molar-refractivity contribution in [1.29, 1.82) is 0 Å². The molecule has 4 aromatic rings. The quantitative estimate of drug-likeness (QED) is 0.341. The van der Waals surface area contributed by atoms with Gasteiger partial charge >= 0.3 is 0 Å². The van der Waals surface area contributed by atoms with E-state index in [4.69, 9.17) is 0 Å². The third-order valence-electron chi connectivity index (χ3n) is 3.92. The molecule has 0 bridgehead atoms. The summed E-state index contributed by atoms with van der Waals surface area (Å²) in [4.78, 5) is 0. The van der Waals surface area contributed by atoms with Crippen LogP contribution in [0.25, 0.3) is 32.3 Å². The van der Waals surface area contributed by atoms with Crippen LogP contribution in [0.1, 0.15) is 0 Å². The Bertz CT molecular complexity index is 963. The highest BCUT2D eigenvalue weighted by molar-refractivity contribution is 6.60. The van der Waals surface area contributed by atoms with Gasteiger partial charge in [0.15, 0.2) is 9.68 Å². The number of benzene rings is 4. The van der Waals surface area contributed by atoms with Gasteiger partial charge in [-0.3, -0.25) is 0 Å². The molecular formula is C18H12NSi2. The van der Waals surface area contributed by atoms with E-state index in [1.807, 2.05) is 0 Å². The average Bonchev–Trinajstić information content (AvgIpc) is 2.53. The lowest BCUT2D eigenvalue weighted by molar-refractivity contribution is 1.64. The summed E-state index contributed by atoms with van der Waals surface area (Å²) >= 11 is 0. The molecule has 0 aliphatic heterocycles. The summed E-state index contributed by atoms with van der Waals surface area (Å²) in [6, 6.07) is 24.1. The lowest BCUT2D eigenvalue weighted by Crippen LogP contribution is -2.28. The van der Waals surface area contributed by atoms with Crippen molar-refractivity contribution in [3.05, 3.63) is 66.7 Å². The van der Waals surface area contributed by atoms with Crippen LogP contribution in [0.4, 0.5) is 0 Å². The second-order valence-corrected chi connectivity index (χ2v) is 6.93. The van der Waals surface area contributed by atoms with Crippen LogP contribution in [0.5, 0.6) is 0 Å². The zero-order valence-electron chi connectivity index (χ0n) is 11.4. The topological polar surface area (TPSA) is 12.0 Å². The standard InChI is InChI=1S/C18H12NSi2/c20-19-21-17-7-3-6-12-8-9-15-10-13-4-1-2-5-14(13)11-16(15)18(12)17/h1-11,19H. The first-order chi connectivity index (χ1) is 10.4. The molecule has 0 unspecified atom stereocenters. The largest absolute Gasteiger partial charge is 0.361 e. The fourth-order valence-electron chi connectivity index (χ4n) is 2.97. The molecule has 0 fully saturated rings. The Morgan fingerprint density at radius 2 is 1.43 bits per heavy atom. The Kier molecular flexibility index (Phi) is 3.11. The van der Waals surface area contributed by atoms with E-state index in [2.05, 4.69) is 81.8 Å². The summed E-state index contributed by atoms with van der Waals surface area (Å²) in [5.74, 6) is 0. The summed E-state index contributed by atoms with van der Waals surface area (Å²) in [5.41, 5.74) is 0. The number of fused-ring (bicyclic) bond motifs is 4. The van der Waals surface area contributed by atoms with Crippen molar-refractivity contribution in [1.82, 2.24) is 4.65 Å². The number of hydrogen-bond acceptors (Lipinski definition) is 1. The van der Waals surface area contributed by atoms with Gasteiger partial charge in [0, 0.05) is 0 Å². The minimum absolute atomic E-state index is 0.545. The summed E-state index contributed by atoms with van der Waals surface area (Å²) in [6.07, 6.45) is 0. The molecule has 1 N–H and O–H groups in total. The van der Waals surface area contributed by atoms with Crippen LogP contribution < -0.4 is 9.83 Å². The molecule has 0 amide bonds. The zero-order valence-corrected chi connectivity index (χ0v) is 13.4. The smallest absolute Gasteiger partial charge is 0.172 e. The van der Waals surface area contributed by atoms with Crippen molar-refractivity contribution < 1.29 is 0 Å². The lowest BCUT2D eigenvalue weighted by Gasteiger charge is -2.10. The molecule has 21 heavy (non-hydrogen) atoms. The van der Waals surface area contributed by atoms with Crippen LogP contribution in [-0.2, 0) is 0 Å². The van der Waals surface area contributed by atoms with Crippen molar-refractivity contribution in [3.63, 3.8) is 0 Å². The Hall–Kier alpha value is -1.95. The van der Waals surface area contributed by atoms with E-state index in [0.29, 0.717) is 9.68 Å². The Labute approximate surface area is 129 Å². The molecule has 0 atom stereocenters. The molecular weight excluding hydrogens is 286 g/mol. The van der Waals surface area contributed by atoms with Crippen LogP contribution in [0.15, 0.2) is 66.7 Å². The van der Waals surface area contributed by atoms with E-state index in [0.717, 1.165) is 0 Å². The van der Waals surface area contributed by atoms with Crippen LogP contribution in [0, 0.1) is 0 Å². The van der Waals surface area contributed by atoms with Gasteiger partial charge in [-0.1, -0.05) is 54.6 Å². The van der Waals surface area contributed by atoms with Gasteiger partial charge in [0.25, 0.3) is 0 Å². The van der Waals surface area contributed by atoms with E-state index < -0.39 is 0 Å². The molecule has 0 aliphatic carbocycles. The van der Waals surface area contributed by atoms with Gasteiger partial charge in [-0.05, 0) is 49.6 Å². The summed E-state index contributed by atoms with van der Waals surface area (Å²) in [7, 11) is 3.93.